The largest absolute Gasteiger partial charge is 0.497 e. The van der Waals surface area contributed by atoms with E-state index in [1.165, 1.54) is 6.21 Å². The Balaban J connectivity index is 1.60. The summed E-state index contributed by atoms with van der Waals surface area (Å²) in [6, 6.07) is 18.2. The van der Waals surface area contributed by atoms with Crippen LogP contribution >= 0.6 is 23.2 Å². The molecule has 0 saturated carbocycles. The second kappa shape index (κ2) is 11.2. The first-order valence-corrected chi connectivity index (χ1v) is 10.2. The zero-order chi connectivity index (χ0) is 22.9. The Morgan fingerprint density at radius 3 is 2.34 bits per heavy atom. The molecule has 0 aromatic heterocycles. The number of amides is 2. The molecule has 0 aliphatic carbocycles. The molecule has 0 bridgehead atoms. The molecule has 0 saturated heterocycles. The van der Waals surface area contributed by atoms with Crippen molar-refractivity contribution < 1.29 is 19.1 Å². The third-order valence-electron chi connectivity index (χ3n) is 4.18. The summed E-state index contributed by atoms with van der Waals surface area (Å²) in [4.78, 5) is 24.4. The molecule has 0 fully saturated rings. The number of ether oxygens (including phenoxy) is 2. The second-order valence-corrected chi connectivity index (χ2v) is 7.33. The van der Waals surface area contributed by atoms with Gasteiger partial charge in [-0.3, -0.25) is 9.59 Å². The van der Waals surface area contributed by atoms with Crippen LogP contribution in [0.4, 0.5) is 5.69 Å². The van der Waals surface area contributed by atoms with Crippen molar-refractivity contribution in [3.8, 4) is 11.5 Å². The maximum atomic E-state index is 12.2. The minimum atomic E-state index is -0.402. The highest BCUT2D eigenvalue weighted by molar-refractivity contribution is 6.31. The summed E-state index contributed by atoms with van der Waals surface area (Å²) in [5, 5.41) is 7.65. The minimum Gasteiger partial charge on any atom is -0.497 e. The van der Waals surface area contributed by atoms with E-state index < -0.39 is 5.91 Å². The lowest BCUT2D eigenvalue weighted by atomic mass is 10.2. The highest BCUT2D eigenvalue weighted by Gasteiger charge is 2.09. The summed E-state index contributed by atoms with van der Waals surface area (Å²) >= 11 is 11.9. The highest BCUT2D eigenvalue weighted by Crippen LogP contribution is 2.22. The smallest absolute Gasteiger partial charge is 0.271 e. The van der Waals surface area contributed by atoms with E-state index in [0.717, 1.165) is 0 Å². The monoisotopic (exact) mass is 471 g/mol. The first-order valence-electron chi connectivity index (χ1n) is 9.40. The van der Waals surface area contributed by atoms with Crippen LogP contribution < -0.4 is 20.2 Å². The van der Waals surface area contributed by atoms with E-state index in [0.29, 0.717) is 38.4 Å². The van der Waals surface area contributed by atoms with Gasteiger partial charge in [0.15, 0.2) is 6.61 Å². The van der Waals surface area contributed by atoms with Gasteiger partial charge < -0.3 is 14.8 Å². The molecule has 0 radical (unpaired) electrons. The summed E-state index contributed by atoms with van der Waals surface area (Å²) < 4.78 is 10.7. The SMILES string of the molecule is COc1ccc(NC(=O)COc2ccc(Cl)cc2C=NNC(=O)c2ccc(Cl)cc2)cc1. The Labute approximate surface area is 194 Å². The fourth-order valence-electron chi connectivity index (χ4n) is 2.59. The fraction of sp³-hybridized carbons (Fsp3) is 0.0870. The van der Waals surface area contributed by atoms with Crippen molar-refractivity contribution >= 4 is 46.9 Å². The molecular formula is C23H19Cl2N3O4. The van der Waals surface area contributed by atoms with Crippen LogP contribution in [0.2, 0.25) is 10.0 Å². The first-order chi connectivity index (χ1) is 15.4. The van der Waals surface area contributed by atoms with Crippen LogP contribution in [0.1, 0.15) is 15.9 Å². The van der Waals surface area contributed by atoms with E-state index in [4.69, 9.17) is 32.7 Å². The van der Waals surface area contributed by atoms with Gasteiger partial charge in [-0.2, -0.15) is 5.10 Å². The molecule has 0 atom stereocenters. The van der Waals surface area contributed by atoms with Crippen LogP contribution in [0.3, 0.4) is 0 Å². The number of hydrazone groups is 1. The van der Waals surface area contributed by atoms with Crippen molar-refractivity contribution in [2.75, 3.05) is 19.0 Å². The number of benzene rings is 3. The number of methoxy groups -OCH3 is 1. The average molecular weight is 472 g/mol. The average Bonchev–Trinajstić information content (AvgIpc) is 2.79. The van der Waals surface area contributed by atoms with Crippen LogP contribution in [-0.2, 0) is 4.79 Å². The minimum absolute atomic E-state index is 0.231. The molecule has 3 aromatic rings. The molecule has 0 spiro atoms. The fourth-order valence-corrected chi connectivity index (χ4v) is 2.90. The molecule has 9 heteroatoms. The van der Waals surface area contributed by atoms with Crippen molar-refractivity contribution in [1.82, 2.24) is 5.43 Å². The molecule has 0 heterocycles. The zero-order valence-electron chi connectivity index (χ0n) is 17.0. The van der Waals surface area contributed by atoms with Gasteiger partial charge in [-0.05, 0) is 66.7 Å². The number of nitrogens with zero attached hydrogens (tertiary/aromatic N) is 1. The van der Waals surface area contributed by atoms with E-state index in [-0.39, 0.29) is 12.5 Å². The molecule has 2 amide bonds. The van der Waals surface area contributed by atoms with E-state index in [9.17, 15) is 9.59 Å². The number of rotatable bonds is 8. The lowest BCUT2D eigenvalue weighted by Crippen LogP contribution is -2.20. The Morgan fingerprint density at radius 1 is 0.969 bits per heavy atom. The molecule has 3 rings (SSSR count). The van der Waals surface area contributed by atoms with Gasteiger partial charge in [0.25, 0.3) is 11.8 Å². The molecule has 0 aliphatic rings. The molecule has 7 nitrogen and oxygen atoms in total. The van der Waals surface area contributed by atoms with E-state index in [2.05, 4.69) is 15.8 Å². The van der Waals surface area contributed by atoms with Gasteiger partial charge in [0.1, 0.15) is 11.5 Å². The van der Waals surface area contributed by atoms with E-state index in [1.54, 1.807) is 73.8 Å². The number of carbonyl (C=O) groups is 2. The summed E-state index contributed by atoms with van der Waals surface area (Å²) in [5.41, 5.74) is 3.93. The normalized spacial score (nSPS) is 10.6. The van der Waals surface area contributed by atoms with Crippen molar-refractivity contribution in [2.24, 2.45) is 5.10 Å². The third-order valence-corrected chi connectivity index (χ3v) is 4.67. The maximum Gasteiger partial charge on any atom is 0.271 e. The zero-order valence-corrected chi connectivity index (χ0v) is 18.5. The summed E-state index contributed by atoms with van der Waals surface area (Å²) in [6.07, 6.45) is 1.39. The van der Waals surface area contributed by atoms with E-state index >= 15 is 0 Å². The first kappa shape index (κ1) is 23.1. The number of nitrogens with one attached hydrogen (secondary N) is 2. The van der Waals surface area contributed by atoms with Crippen molar-refractivity contribution in [3.63, 3.8) is 0 Å². The summed E-state index contributed by atoms with van der Waals surface area (Å²) in [7, 11) is 1.57. The predicted molar refractivity (Wildman–Crippen MR) is 125 cm³/mol. The number of anilines is 1. The number of hydrogen-bond donors (Lipinski definition) is 2. The van der Waals surface area contributed by atoms with Gasteiger partial charge in [-0.15, -0.1) is 0 Å². The van der Waals surface area contributed by atoms with Gasteiger partial charge in [0.2, 0.25) is 0 Å². The van der Waals surface area contributed by atoms with Crippen molar-refractivity contribution in [2.45, 2.75) is 0 Å². The summed E-state index contributed by atoms with van der Waals surface area (Å²) in [6.45, 7) is -0.231. The molecule has 32 heavy (non-hydrogen) atoms. The standard InChI is InChI=1S/C23H19Cl2N3O4/c1-31-20-9-7-19(8-10-20)27-22(29)14-32-21-11-6-18(25)12-16(21)13-26-28-23(30)15-2-4-17(24)5-3-15/h2-13H,14H2,1H3,(H,27,29)(H,28,30). The Morgan fingerprint density at radius 2 is 1.66 bits per heavy atom. The Bertz CT molecular complexity index is 1120. The third kappa shape index (κ3) is 6.73. The quantitative estimate of drug-likeness (QED) is 0.365. The van der Waals surface area contributed by atoms with Crippen LogP contribution in [-0.4, -0.2) is 31.7 Å². The van der Waals surface area contributed by atoms with Crippen LogP contribution in [0.25, 0.3) is 0 Å². The lowest BCUT2D eigenvalue weighted by molar-refractivity contribution is -0.118. The van der Waals surface area contributed by atoms with Gasteiger partial charge in [0.05, 0.1) is 13.3 Å². The van der Waals surface area contributed by atoms with Crippen molar-refractivity contribution in [1.29, 1.82) is 0 Å². The molecule has 0 aliphatic heterocycles. The molecular weight excluding hydrogens is 453 g/mol. The molecule has 2 N–H and O–H groups in total. The predicted octanol–water partition coefficient (Wildman–Crippen LogP) is 4.78. The van der Waals surface area contributed by atoms with Gasteiger partial charge in [0, 0.05) is 26.9 Å². The molecule has 3 aromatic carbocycles. The Kier molecular flexibility index (Phi) is 8.08. The summed E-state index contributed by atoms with van der Waals surface area (Å²) in [5.74, 6) is 0.321. The maximum absolute atomic E-state index is 12.2. The van der Waals surface area contributed by atoms with Crippen LogP contribution in [0, 0.1) is 0 Å². The van der Waals surface area contributed by atoms with Gasteiger partial charge >= 0.3 is 0 Å². The van der Waals surface area contributed by atoms with Crippen LogP contribution in [0.5, 0.6) is 11.5 Å². The topological polar surface area (TPSA) is 89.0 Å². The number of hydrogen-bond acceptors (Lipinski definition) is 5. The van der Waals surface area contributed by atoms with Gasteiger partial charge in [-0.1, -0.05) is 23.2 Å². The van der Waals surface area contributed by atoms with E-state index in [1.807, 2.05) is 0 Å². The number of carbonyl (C=O) groups excluding carboxylic acids is 2. The highest BCUT2D eigenvalue weighted by atomic mass is 35.5. The lowest BCUT2D eigenvalue weighted by Gasteiger charge is -2.10. The Hall–Kier alpha value is -3.55. The molecule has 0 unspecified atom stereocenters. The molecule has 164 valence electrons. The second-order valence-electron chi connectivity index (χ2n) is 6.45. The van der Waals surface area contributed by atoms with Gasteiger partial charge in [-0.25, -0.2) is 5.43 Å². The van der Waals surface area contributed by atoms with Crippen molar-refractivity contribution in [3.05, 3.63) is 87.9 Å². The van der Waals surface area contributed by atoms with Crippen LogP contribution in [0.15, 0.2) is 71.8 Å². The number of halogens is 2.